The lowest BCUT2D eigenvalue weighted by Gasteiger charge is -2.07. The molecule has 0 bridgehead atoms. The highest BCUT2D eigenvalue weighted by Crippen LogP contribution is 2.23. The monoisotopic (exact) mass is 283 g/mol. The van der Waals surface area contributed by atoms with Gasteiger partial charge in [-0.25, -0.2) is 13.4 Å². The number of thiophene rings is 1. The maximum absolute atomic E-state index is 12.2. The molecule has 3 N–H and O–H groups in total. The molecular weight excluding hydrogens is 270 g/mol. The number of sulfonamides is 1. The minimum absolute atomic E-state index is 0.204. The number of nitrogens with one attached hydrogen (secondary N) is 1. The number of anilines is 1. The van der Waals surface area contributed by atoms with Crippen molar-refractivity contribution < 1.29 is 8.42 Å². The summed E-state index contributed by atoms with van der Waals surface area (Å²) in [5.41, 5.74) is 6.26. The minimum Gasteiger partial charge on any atom is -0.326 e. The lowest BCUT2D eigenvalue weighted by molar-refractivity contribution is 0.600. The van der Waals surface area contributed by atoms with Gasteiger partial charge in [-0.3, -0.25) is 4.72 Å². The van der Waals surface area contributed by atoms with Gasteiger partial charge in [-0.1, -0.05) is 6.07 Å². The molecule has 2 aromatic rings. The second kappa shape index (κ2) is 5.05. The zero-order valence-corrected chi connectivity index (χ0v) is 11.4. The summed E-state index contributed by atoms with van der Waals surface area (Å²) in [7, 11) is -3.61. The van der Waals surface area contributed by atoms with Gasteiger partial charge < -0.3 is 5.73 Å². The van der Waals surface area contributed by atoms with Crippen LogP contribution in [0.5, 0.6) is 0 Å². The standard InChI is InChI=1S/C11H13N3O2S2/c1-8-3-2-4-11(13-8)14-18(15,16)10-5-6-17-9(10)7-12/h2-6H,7,12H2,1H3,(H,13,14). The Bertz CT molecular complexity index is 650. The maximum atomic E-state index is 12.2. The Kier molecular flexibility index (Phi) is 3.65. The quantitative estimate of drug-likeness (QED) is 0.894. The molecule has 0 aliphatic rings. The number of nitrogens with zero attached hydrogens (tertiary/aromatic N) is 1. The topological polar surface area (TPSA) is 85.1 Å². The van der Waals surface area contributed by atoms with Crippen molar-refractivity contribution in [3.8, 4) is 0 Å². The lowest BCUT2D eigenvalue weighted by atomic mass is 10.4. The van der Waals surface area contributed by atoms with Crippen molar-refractivity contribution in [3.05, 3.63) is 40.2 Å². The number of aryl methyl sites for hydroxylation is 1. The zero-order chi connectivity index (χ0) is 13.2. The van der Waals surface area contributed by atoms with Crippen LogP contribution in [0, 0.1) is 6.92 Å². The molecular formula is C11H13N3O2S2. The normalized spacial score (nSPS) is 11.4. The van der Waals surface area contributed by atoms with Gasteiger partial charge in [-0.15, -0.1) is 11.3 Å². The SMILES string of the molecule is Cc1cccc(NS(=O)(=O)c2ccsc2CN)n1. The van der Waals surface area contributed by atoms with Crippen LogP contribution in [0.3, 0.4) is 0 Å². The Labute approximate surface area is 110 Å². The first kappa shape index (κ1) is 13.0. The van der Waals surface area contributed by atoms with E-state index >= 15 is 0 Å². The van der Waals surface area contributed by atoms with Crippen LogP contribution in [0.25, 0.3) is 0 Å². The van der Waals surface area contributed by atoms with Gasteiger partial charge in [0.05, 0.1) is 0 Å². The largest absolute Gasteiger partial charge is 0.326 e. The molecule has 0 radical (unpaired) electrons. The van der Waals surface area contributed by atoms with Gasteiger partial charge in [0.25, 0.3) is 10.0 Å². The van der Waals surface area contributed by atoms with E-state index in [1.165, 1.54) is 11.3 Å². The first-order valence-electron chi connectivity index (χ1n) is 5.26. The van der Waals surface area contributed by atoms with Gasteiger partial charge in [0, 0.05) is 17.1 Å². The third-order valence-electron chi connectivity index (χ3n) is 2.31. The van der Waals surface area contributed by atoms with Crippen LogP contribution < -0.4 is 10.5 Å². The van der Waals surface area contributed by atoms with Crippen LogP contribution >= 0.6 is 11.3 Å². The van der Waals surface area contributed by atoms with Gasteiger partial charge in [0.15, 0.2) is 0 Å². The Hall–Kier alpha value is -1.44. The highest BCUT2D eigenvalue weighted by atomic mass is 32.2. The molecule has 0 spiro atoms. The molecule has 0 fully saturated rings. The molecule has 0 saturated heterocycles. The van der Waals surface area contributed by atoms with E-state index in [1.54, 1.807) is 36.6 Å². The number of aromatic nitrogens is 1. The fourth-order valence-electron chi connectivity index (χ4n) is 1.51. The van der Waals surface area contributed by atoms with Gasteiger partial charge in [0.2, 0.25) is 0 Å². The van der Waals surface area contributed by atoms with Crippen molar-refractivity contribution >= 4 is 27.2 Å². The number of nitrogens with two attached hydrogens (primary N) is 1. The van der Waals surface area contributed by atoms with E-state index in [9.17, 15) is 8.42 Å². The minimum atomic E-state index is -3.61. The molecule has 2 aromatic heterocycles. The second-order valence-electron chi connectivity index (χ2n) is 3.68. The van der Waals surface area contributed by atoms with Crippen LogP contribution in [-0.2, 0) is 16.6 Å². The van der Waals surface area contributed by atoms with Crippen molar-refractivity contribution in [1.29, 1.82) is 0 Å². The van der Waals surface area contributed by atoms with Crippen molar-refractivity contribution in [2.24, 2.45) is 5.73 Å². The smallest absolute Gasteiger partial charge is 0.264 e. The summed E-state index contributed by atoms with van der Waals surface area (Å²) in [4.78, 5) is 4.96. The highest BCUT2D eigenvalue weighted by molar-refractivity contribution is 7.92. The Morgan fingerprint density at radius 3 is 2.83 bits per heavy atom. The molecule has 96 valence electrons. The molecule has 0 amide bonds. The summed E-state index contributed by atoms with van der Waals surface area (Å²) in [5, 5.41) is 1.71. The molecule has 18 heavy (non-hydrogen) atoms. The number of pyridine rings is 1. The predicted molar refractivity (Wildman–Crippen MR) is 72.0 cm³/mol. The number of hydrogen-bond donors (Lipinski definition) is 2. The molecule has 0 aliphatic carbocycles. The van der Waals surface area contributed by atoms with E-state index in [4.69, 9.17) is 5.73 Å². The van der Waals surface area contributed by atoms with E-state index in [1.807, 2.05) is 0 Å². The molecule has 0 atom stereocenters. The van der Waals surface area contributed by atoms with Crippen LogP contribution in [0.15, 0.2) is 34.5 Å². The van der Waals surface area contributed by atoms with Crippen LogP contribution in [0.4, 0.5) is 5.82 Å². The van der Waals surface area contributed by atoms with Crippen LogP contribution in [0.1, 0.15) is 10.6 Å². The molecule has 0 unspecified atom stereocenters. The molecule has 7 heteroatoms. The Balaban J connectivity index is 2.33. The number of hydrogen-bond acceptors (Lipinski definition) is 5. The van der Waals surface area contributed by atoms with Crippen LogP contribution in [0.2, 0.25) is 0 Å². The average molecular weight is 283 g/mol. The van der Waals surface area contributed by atoms with Crippen molar-refractivity contribution in [1.82, 2.24) is 4.98 Å². The van der Waals surface area contributed by atoms with Gasteiger partial charge in [0.1, 0.15) is 10.7 Å². The van der Waals surface area contributed by atoms with E-state index < -0.39 is 10.0 Å². The first-order chi connectivity index (χ1) is 8.53. The van der Waals surface area contributed by atoms with Crippen molar-refractivity contribution in [2.45, 2.75) is 18.4 Å². The van der Waals surface area contributed by atoms with Gasteiger partial charge >= 0.3 is 0 Å². The van der Waals surface area contributed by atoms with Crippen molar-refractivity contribution in [2.75, 3.05) is 4.72 Å². The fraction of sp³-hybridized carbons (Fsp3) is 0.182. The van der Waals surface area contributed by atoms with E-state index in [2.05, 4.69) is 9.71 Å². The second-order valence-corrected chi connectivity index (χ2v) is 6.33. The third kappa shape index (κ3) is 2.69. The van der Waals surface area contributed by atoms with E-state index in [0.29, 0.717) is 10.7 Å². The fourth-order valence-corrected chi connectivity index (χ4v) is 3.85. The van der Waals surface area contributed by atoms with Crippen LogP contribution in [-0.4, -0.2) is 13.4 Å². The zero-order valence-electron chi connectivity index (χ0n) is 9.75. The molecule has 2 rings (SSSR count). The molecule has 5 nitrogen and oxygen atoms in total. The number of rotatable bonds is 4. The summed E-state index contributed by atoms with van der Waals surface area (Å²) >= 11 is 1.33. The summed E-state index contributed by atoms with van der Waals surface area (Å²) < 4.78 is 26.8. The molecule has 0 saturated carbocycles. The van der Waals surface area contributed by atoms with Gasteiger partial charge in [-0.2, -0.15) is 0 Å². The Morgan fingerprint density at radius 1 is 1.39 bits per heavy atom. The predicted octanol–water partition coefficient (Wildman–Crippen LogP) is 1.71. The van der Waals surface area contributed by atoms with Crippen molar-refractivity contribution in [3.63, 3.8) is 0 Å². The summed E-state index contributed by atoms with van der Waals surface area (Å²) in [6.45, 7) is 2.00. The summed E-state index contributed by atoms with van der Waals surface area (Å²) in [5.74, 6) is 0.309. The lowest BCUT2D eigenvalue weighted by Crippen LogP contribution is -2.15. The van der Waals surface area contributed by atoms with E-state index in [-0.39, 0.29) is 11.4 Å². The molecule has 0 aromatic carbocycles. The third-order valence-corrected chi connectivity index (χ3v) is 4.82. The molecule has 0 aliphatic heterocycles. The van der Waals surface area contributed by atoms with Gasteiger partial charge in [-0.05, 0) is 30.5 Å². The Morgan fingerprint density at radius 2 is 2.17 bits per heavy atom. The highest BCUT2D eigenvalue weighted by Gasteiger charge is 2.19. The molecule has 2 heterocycles. The first-order valence-corrected chi connectivity index (χ1v) is 7.62. The average Bonchev–Trinajstić information content (AvgIpc) is 2.77. The van der Waals surface area contributed by atoms with E-state index in [0.717, 1.165) is 5.69 Å². The summed E-state index contributed by atoms with van der Waals surface area (Å²) in [6.07, 6.45) is 0. The summed E-state index contributed by atoms with van der Waals surface area (Å²) in [6, 6.07) is 6.70. The maximum Gasteiger partial charge on any atom is 0.264 e.